The summed E-state index contributed by atoms with van der Waals surface area (Å²) in [6.45, 7) is 2.90. The van der Waals surface area contributed by atoms with Crippen molar-refractivity contribution in [3.63, 3.8) is 0 Å². The summed E-state index contributed by atoms with van der Waals surface area (Å²) >= 11 is 0. The van der Waals surface area contributed by atoms with Gasteiger partial charge in [0.05, 0.1) is 12.8 Å². The molecule has 1 aliphatic heterocycles. The Balaban J connectivity index is 1.51. The summed E-state index contributed by atoms with van der Waals surface area (Å²) < 4.78 is 16.7. The van der Waals surface area contributed by atoms with Crippen molar-refractivity contribution < 1.29 is 19.0 Å². The average Bonchev–Trinajstić information content (AvgIpc) is 2.67. The summed E-state index contributed by atoms with van der Waals surface area (Å²) in [5.74, 6) is 1.66. The molecule has 1 N–H and O–H groups in total. The van der Waals surface area contributed by atoms with E-state index in [-0.39, 0.29) is 12.5 Å². The number of carbonyl (C=O) groups is 1. The summed E-state index contributed by atoms with van der Waals surface area (Å²) in [6.07, 6.45) is 1.81. The second-order valence-electron chi connectivity index (χ2n) is 5.52. The molecule has 0 spiro atoms. The third-order valence-corrected chi connectivity index (χ3v) is 3.54. The van der Waals surface area contributed by atoms with Crippen LogP contribution >= 0.6 is 0 Å². The van der Waals surface area contributed by atoms with E-state index in [2.05, 4.69) is 17.5 Å². The van der Waals surface area contributed by atoms with Gasteiger partial charge in [-0.05, 0) is 48.4 Å². The Morgan fingerprint density at radius 2 is 2.00 bits per heavy atom. The second kappa shape index (κ2) is 8.19. The number of fused-ring (bicyclic) bond motifs is 1. The topological polar surface area (TPSA) is 69.2 Å². The van der Waals surface area contributed by atoms with Crippen LogP contribution in [0.1, 0.15) is 18.9 Å². The van der Waals surface area contributed by atoms with Crippen LogP contribution in [-0.4, -0.2) is 31.4 Å². The molecule has 130 valence electrons. The Labute approximate surface area is 146 Å². The number of amides is 1. The fourth-order valence-electron chi connectivity index (χ4n) is 2.26. The van der Waals surface area contributed by atoms with Gasteiger partial charge in [-0.3, -0.25) is 4.79 Å². The van der Waals surface area contributed by atoms with Crippen LogP contribution in [0, 0.1) is 0 Å². The second-order valence-corrected chi connectivity index (χ2v) is 5.52. The summed E-state index contributed by atoms with van der Waals surface area (Å²) in [5.41, 5.74) is 3.33. The zero-order chi connectivity index (χ0) is 17.5. The van der Waals surface area contributed by atoms with Crippen LogP contribution in [0.4, 0.5) is 0 Å². The van der Waals surface area contributed by atoms with Gasteiger partial charge < -0.3 is 14.2 Å². The maximum atomic E-state index is 12.1. The van der Waals surface area contributed by atoms with Crippen molar-refractivity contribution in [3.8, 4) is 17.2 Å². The first-order valence-corrected chi connectivity index (χ1v) is 8.20. The molecule has 0 bridgehead atoms. The van der Waals surface area contributed by atoms with Gasteiger partial charge in [0.1, 0.15) is 12.4 Å². The minimum absolute atomic E-state index is 0.155. The highest BCUT2D eigenvalue weighted by Crippen LogP contribution is 2.30. The van der Waals surface area contributed by atoms with Crippen LogP contribution in [0.3, 0.4) is 0 Å². The fraction of sp³-hybridized carbons (Fsp3) is 0.263. The number of nitrogens with zero attached hydrogens (tertiary/aromatic N) is 1. The molecule has 3 rings (SSSR count). The van der Waals surface area contributed by atoms with Crippen molar-refractivity contribution in [1.82, 2.24) is 5.43 Å². The Bertz CT molecular complexity index is 743. The number of rotatable bonds is 6. The number of benzene rings is 2. The van der Waals surface area contributed by atoms with Crippen molar-refractivity contribution in [2.75, 3.05) is 13.2 Å². The van der Waals surface area contributed by atoms with Gasteiger partial charge in [-0.15, -0.1) is 0 Å². The smallest absolute Gasteiger partial charge is 0.284 e. The normalized spacial score (nSPS) is 15.8. The van der Waals surface area contributed by atoms with Crippen molar-refractivity contribution in [3.05, 3.63) is 54.1 Å². The number of para-hydroxylation sites is 2. The van der Waals surface area contributed by atoms with Crippen LogP contribution in [0.2, 0.25) is 0 Å². The van der Waals surface area contributed by atoms with Gasteiger partial charge >= 0.3 is 0 Å². The van der Waals surface area contributed by atoms with E-state index in [0.717, 1.165) is 17.7 Å². The predicted octanol–water partition coefficient (Wildman–Crippen LogP) is 2.77. The SMILES string of the molecule is CCCOc1ccc(/C=N\NC(=O)[C@@H]2COc3ccccc3O2)cc1. The Morgan fingerprint density at radius 1 is 1.24 bits per heavy atom. The van der Waals surface area contributed by atoms with Gasteiger partial charge in [0.15, 0.2) is 11.5 Å². The number of hydrogen-bond donors (Lipinski definition) is 1. The van der Waals surface area contributed by atoms with E-state index in [1.807, 2.05) is 36.4 Å². The molecule has 25 heavy (non-hydrogen) atoms. The highest BCUT2D eigenvalue weighted by atomic mass is 16.6. The van der Waals surface area contributed by atoms with Gasteiger partial charge in [0.2, 0.25) is 6.10 Å². The predicted molar refractivity (Wildman–Crippen MR) is 94.3 cm³/mol. The van der Waals surface area contributed by atoms with Crippen molar-refractivity contribution >= 4 is 12.1 Å². The molecule has 0 saturated heterocycles. The Morgan fingerprint density at radius 3 is 2.76 bits per heavy atom. The zero-order valence-electron chi connectivity index (χ0n) is 14.0. The van der Waals surface area contributed by atoms with Crippen LogP contribution in [0.25, 0.3) is 0 Å². The summed E-state index contributed by atoms with van der Waals surface area (Å²) in [6, 6.07) is 14.7. The molecule has 2 aromatic rings. The van der Waals surface area contributed by atoms with Gasteiger partial charge in [-0.2, -0.15) is 5.10 Å². The van der Waals surface area contributed by atoms with Gasteiger partial charge in [0.25, 0.3) is 5.91 Å². The molecule has 0 aliphatic carbocycles. The molecule has 1 atom stereocenters. The van der Waals surface area contributed by atoms with Gasteiger partial charge in [-0.25, -0.2) is 5.43 Å². The number of carbonyl (C=O) groups excluding carboxylic acids is 1. The molecule has 2 aromatic carbocycles. The molecule has 1 amide bonds. The van der Waals surface area contributed by atoms with Crippen LogP contribution < -0.4 is 19.6 Å². The van der Waals surface area contributed by atoms with Crippen LogP contribution in [0.5, 0.6) is 17.2 Å². The first-order chi connectivity index (χ1) is 12.3. The van der Waals surface area contributed by atoms with Gasteiger partial charge in [0, 0.05) is 0 Å². The average molecular weight is 340 g/mol. The molecule has 0 fully saturated rings. The maximum Gasteiger partial charge on any atom is 0.284 e. The molecule has 0 unspecified atom stereocenters. The van der Waals surface area contributed by atoms with E-state index in [9.17, 15) is 4.79 Å². The highest BCUT2D eigenvalue weighted by molar-refractivity contribution is 5.85. The lowest BCUT2D eigenvalue weighted by atomic mass is 10.2. The van der Waals surface area contributed by atoms with E-state index in [1.165, 1.54) is 0 Å². The van der Waals surface area contributed by atoms with Gasteiger partial charge in [-0.1, -0.05) is 19.1 Å². The summed E-state index contributed by atoms with van der Waals surface area (Å²) in [7, 11) is 0. The lowest BCUT2D eigenvalue weighted by molar-refractivity contribution is -0.130. The Hall–Kier alpha value is -3.02. The molecule has 1 heterocycles. The zero-order valence-corrected chi connectivity index (χ0v) is 14.0. The van der Waals surface area contributed by atoms with E-state index >= 15 is 0 Å². The van der Waals surface area contributed by atoms with Crippen LogP contribution in [-0.2, 0) is 4.79 Å². The molecule has 0 aromatic heterocycles. The van der Waals surface area contributed by atoms with E-state index in [1.54, 1.807) is 18.3 Å². The van der Waals surface area contributed by atoms with Crippen molar-refractivity contribution in [2.24, 2.45) is 5.10 Å². The van der Waals surface area contributed by atoms with E-state index in [4.69, 9.17) is 14.2 Å². The van der Waals surface area contributed by atoms with E-state index in [0.29, 0.717) is 18.1 Å². The largest absolute Gasteiger partial charge is 0.494 e. The number of ether oxygens (including phenoxy) is 3. The number of hydrogen-bond acceptors (Lipinski definition) is 5. The van der Waals surface area contributed by atoms with E-state index < -0.39 is 6.10 Å². The molecule has 6 heteroatoms. The minimum atomic E-state index is -0.725. The standard InChI is InChI=1S/C19H20N2O4/c1-2-11-23-15-9-7-14(8-10-15)12-20-21-19(22)18-13-24-16-5-3-4-6-17(16)25-18/h3-10,12,18H,2,11,13H2,1H3,(H,21,22)/b20-12-/t18-/m0/s1. The molecule has 0 saturated carbocycles. The monoisotopic (exact) mass is 340 g/mol. The minimum Gasteiger partial charge on any atom is -0.494 e. The van der Waals surface area contributed by atoms with Crippen molar-refractivity contribution in [1.29, 1.82) is 0 Å². The molecule has 0 radical (unpaired) electrons. The quantitative estimate of drug-likeness (QED) is 0.648. The lowest BCUT2D eigenvalue weighted by Gasteiger charge is -2.24. The van der Waals surface area contributed by atoms with Crippen molar-refractivity contribution in [2.45, 2.75) is 19.4 Å². The number of nitrogens with one attached hydrogen (secondary N) is 1. The summed E-state index contributed by atoms with van der Waals surface area (Å²) in [4.78, 5) is 12.1. The maximum absolute atomic E-state index is 12.1. The third-order valence-electron chi connectivity index (χ3n) is 3.54. The molecular weight excluding hydrogens is 320 g/mol. The third kappa shape index (κ3) is 4.50. The Kier molecular flexibility index (Phi) is 5.51. The first-order valence-electron chi connectivity index (χ1n) is 8.20. The fourth-order valence-corrected chi connectivity index (χ4v) is 2.26. The number of hydrazone groups is 1. The molecule has 1 aliphatic rings. The first kappa shape index (κ1) is 16.8. The lowest BCUT2D eigenvalue weighted by Crippen LogP contribution is -2.42. The summed E-state index contributed by atoms with van der Waals surface area (Å²) in [5, 5.41) is 3.96. The molecular formula is C19H20N2O4. The molecule has 6 nitrogen and oxygen atoms in total. The highest BCUT2D eigenvalue weighted by Gasteiger charge is 2.26. The van der Waals surface area contributed by atoms with Crippen LogP contribution in [0.15, 0.2) is 53.6 Å².